The number of benzene rings is 1. The predicted octanol–water partition coefficient (Wildman–Crippen LogP) is 3.33. The van der Waals surface area contributed by atoms with Gasteiger partial charge in [-0.3, -0.25) is 0 Å². The minimum Gasteiger partial charge on any atom is -0.398 e. The molecule has 0 bridgehead atoms. The maximum atomic E-state index is 5.93. The Balaban J connectivity index is 2.55. The van der Waals surface area contributed by atoms with Gasteiger partial charge in [0.25, 0.3) is 0 Å². The highest BCUT2D eigenvalue weighted by Crippen LogP contribution is 2.26. The number of rotatable bonds is 1. The number of hydrogen-bond acceptors (Lipinski definition) is 3. The highest BCUT2D eigenvalue weighted by Gasteiger charge is 2.17. The molecule has 0 saturated heterocycles. The van der Waals surface area contributed by atoms with Crippen LogP contribution in [0.4, 0.5) is 5.69 Å². The minimum atomic E-state index is 0.0198. The number of hydrogen-bond donors (Lipinski definition) is 1. The SMILES string of the molecule is Cc1c(N)cccc1-c1nccc(C(C)(C)C)n1. The van der Waals surface area contributed by atoms with Crippen molar-refractivity contribution in [1.82, 2.24) is 9.97 Å². The Morgan fingerprint density at radius 2 is 1.83 bits per heavy atom. The average Bonchev–Trinajstić information content (AvgIpc) is 2.32. The van der Waals surface area contributed by atoms with E-state index in [2.05, 4.69) is 30.7 Å². The van der Waals surface area contributed by atoms with E-state index in [1.54, 1.807) is 0 Å². The lowest BCUT2D eigenvalue weighted by molar-refractivity contribution is 0.568. The summed E-state index contributed by atoms with van der Waals surface area (Å²) in [5.41, 5.74) is 9.79. The average molecular weight is 241 g/mol. The molecule has 0 unspecified atom stereocenters. The van der Waals surface area contributed by atoms with E-state index in [4.69, 9.17) is 5.73 Å². The monoisotopic (exact) mass is 241 g/mol. The van der Waals surface area contributed by atoms with Gasteiger partial charge in [0.1, 0.15) is 0 Å². The molecular weight excluding hydrogens is 222 g/mol. The Bertz CT molecular complexity index is 568. The van der Waals surface area contributed by atoms with Crippen molar-refractivity contribution in [2.24, 2.45) is 0 Å². The van der Waals surface area contributed by atoms with Gasteiger partial charge in [0, 0.05) is 28.6 Å². The molecule has 1 aromatic heterocycles. The molecule has 2 aromatic rings. The summed E-state index contributed by atoms with van der Waals surface area (Å²) in [6, 6.07) is 7.80. The number of nitrogen functional groups attached to an aromatic ring is 1. The number of anilines is 1. The van der Waals surface area contributed by atoms with Gasteiger partial charge in [0.2, 0.25) is 0 Å². The van der Waals surface area contributed by atoms with Gasteiger partial charge >= 0.3 is 0 Å². The first-order valence-electron chi connectivity index (χ1n) is 6.08. The summed E-state index contributed by atoms with van der Waals surface area (Å²) in [5, 5.41) is 0. The van der Waals surface area contributed by atoms with E-state index in [1.165, 1.54) is 0 Å². The molecule has 1 aromatic carbocycles. The van der Waals surface area contributed by atoms with E-state index in [0.29, 0.717) is 0 Å². The Morgan fingerprint density at radius 3 is 2.50 bits per heavy atom. The lowest BCUT2D eigenvalue weighted by atomic mass is 9.92. The van der Waals surface area contributed by atoms with Crippen molar-refractivity contribution in [3.63, 3.8) is 0 Å². The van der Waals surface area contributed by atoms with Crippen molar-refractivity contribution in [3.8, 4) is 11.4 Å². The standard InChI is InChI=1S/C15H19N3/c1-10-11(6-5-7-12(10)16)14-17-9-8-13(18-14)15(2,3)4/h5-9H,16H2,1-4H3. The fourth-order valence-electron chi connectivity index (χ4n) is 1.80. The first-order valence-corrected chi connectivity index (χ1v) is 6.08. The van der Waals surface area contributed by atoms with Gasteiger partial charge in [-0.25, -0.2) is 9.97 Å². The molecule has 1 heterocycles. The van der Waals surface area contributed by atoms with E-state index in [1.807, 2.05) is 37.4 Å². The third-order valence-corrected chi connectivity index (χ3v) is 3.04. The Morgan fingerprint density at radius 1 is 1.11 bits per heavy atom. The van der Waals surface area contributed by atoms with Gasteiger partial charge in [-0.15, -0.1) is 0 Å². The Kier molecular flexibility index (Phi) is 3.07. The highest BCUT2D eigenvalue weighted by molar-refractivity contribution is 5.67. The molecule has 0 atom stereocenters. The topological polar surface area (TPSA) is 51.8 Å². The van der Waals surface area contributed by atoms with Crippen LogP contribution in [0.1, 0.15) is 32.0 Å². The second kappa shape index (κ2) is 4.41. The predicted molar refractivity (Wildman–Crippen MR) is 75.3 cm³/mol. The van der Waals surface area contributed by atoms with Crippen LogP contribution in [0, 0.1) is 6.92 Å². The van der Waals surface area contributed by atoms with Crippen LogP contribution in [0.2, 0.25) is 0 Å². The second-order valence-corrected chi connectivity index (χ2v) is 5.54. The number of nitrogens with two attached hydrogens (primary N) is 1. The summed E-state index contributed by atoms with van der Waals surface area (Å²) in [4.78, 5) is 9.01. The van der Waals surface area contributed by atoms with Gasteiger partial charge in [0.15, 0.2) is 5.82 Å². The third-order valence-electron chi connectivity index (χ3n) is 3.04. The molecule has 2 N–H and O–H groups in total. The Labute approximate surface area is 108 Å². The Hall–Kier alpha value is -1.90. The van der Waals surface area contributed by atoms with Crippen molar-refractivity contribution >= 4 is 5.69 Å². The number of nitrogens with zero attached hydrogens (tertiary/aromatic N) is 2. The maximum Gasteiger partial charge on any atom is 0.159 e. The lowest BCUT2D eigenvalue weighted by Gasteiger charge is -2.18. The van der Waals surface area contributed by atoms with Crippen LogP contribution in [-0.2, 0) is 5.41 Å². The van der Waals surface area contributed by atoms with E-state index in [0.717, 1.165) is 28.3 Å². The molecule has 0 saturated carbocycles. The summed E-state index contributed by atoms with van der Waals surface area (Å²) < 4.78 is 0. The van der Waals surface area contributed by atoms with Crippen LogP contribution < -0.4 is 5.73 Å². The van der Waals surface area contributed by atoms with Crippen LogP contribution >= 0.6 is 0 Å². The van der Waals surface area contributed by atoms with Crippen LogP contribution in [0.25, 0.3) is 11.4 Å². The van der Waals surface area contributed by atoms with Crippen LogP contribution in [-0.4, -0.2) is 9.97 Å². The van der Waals surface area contributed by atoms with Crippen molar-refractivity contribution in [2.75, 3.05) is 5.73 Å². The second-order valence-electron chi connectivity index (χ2n) is 5.54. The zero-order valence-electron chi connectivity index (χ0n) is 11.4. The maximum absolute atomic E-state index is 5.93. The molecule has 3 nitrogen and oxygen atoms in total. The van der Waals surface area contributed by atoms with E-state index in [-0.39, 0.29) is 5.41 Å². The molecular formula is C15H19N3. The van der Waals surface area contributed by atoms with Crippen LogP contribution in [0.3, 0.4) is 0 Å². The molecule has 0 radical (unpaired) electrons. The van der Waals surface area contributed by atoms with E-state index >= 15 is 0 Å². The molecule has 3 heteroatoms. The minimum absolute atomic E-state index is 0.0198. The zero-order valence-corrected chi connectivity index (χ0v) is 11.4. The van der Waals surface area contributed by atoms with Crippen molar-refractivity contribution in [1.29, 1.82) is 0 Å². The van der Waals surface area contributed by atoms with E-state index < -0.39 is 0 Å². The van der Waals surface area contributed by atoms with Gasteiger partial charge in [0.05, 0.1) is 0 Å². The summed E-state index contributed by atoms with van der Waals surface area (Å²) >= 11 is 0. The fourth-order valence-corrected chi connectivity index (χ4v) is 1.80. The molecule has 0 aliphatic heterocycles. The summed E-state index contributed by atoms with van der Waals surface area (Å²) in [7, 11) is 0. The third kappa shape index (κ3) is 2.35. The molecule has 0 amide bonds. The summed E-state index contributed by atoms with van der Waals surface area (Å²) in [5.74, 6) is 0.743. The summed E-state index contributed by atoms with van der Waals surface area (Å²) in [6.07, 6.45) is 1.81. The van der Waals surface area contributed by atoms with Crippen LogP contribution in [0.15, 0.2) is 30.5 Å². The molecule has 18 heavy (non-hydrogen) atoms. The lowest BCUT2D eigenvalue weighted by Crippen LogP contribution is -2.14. The molecule has 0 spiro atoms. The molecule has 94 valence electrons. The van der Waals surface area contributed by atoms with Gasteiger partial charge in [-0.1, -0.05) is 32.9 Å². The van der Waals surface area contributed by atoms with Gasteiger partial charge < -0.3 is 5.73 Å². The molecule has 0 aliphatic rings. The number of aromatic nitrogens is 2. The first-order chi connectivity index (χ1) is 8.39. The molecule has 0 fully saturated rings. The van der Waals surface area contributed by atoms with Gasteiger partial charge in [-0.05, 0) is 24.6 Å². The van der Waals surface area contributed by atoms with Crippen molar-refractivity contribution in [2.45, 2.75) is 33.1 Å². The summed E-state index contributed by atoms with van der Waals surface area (Å²) in [6.45, 7) is 8.43. The smallest absolute Gasteiger partial charge is 0.159 e. The first kappa shape index (κ1) is 12.6. The van der Waals surface area contributed by atoms with E-state index in [9.17, 15) is 0 Å². The molecule has 0 aliphatic carbocycles. The normalized spacial score (nSPS) is 11.6. The highest BCUT2D eigenvalue weighted by atomic mass is 14.9. The largest absolute Gasteiger partial charge is 0.398 e. The quantitative estimate of drug-likeness (QED) is 0.779. The fraction of sp³-hybridized carbons (Fsp3) is 0.333. The van der Waals surface area contributed by atoms with Gasteiger partial charge in [-0.2, -0.15) is 0 Å². The molecule has 2 rings (SSSR count). The zero-order chi connectivity index (χ0) is 13.3. The van der Waals surface area contributed by atoms with Crippen molar-refractivity contribution in [3.05, 3.63) is 41.7 Å². The van der Waals surface area contributed by atoms with Crippen molar-refractivity contribution < 1.29 is 0 Å². The van der Waals surface area contributed by atoms with Crippen LogP contribution in [0.5, 0.6) is 0 Å².